The van der Waals surface area contributed by atoms with Crippen molar-refractivity contribution in [3.63, 3.8) is 0 Å². The SMILES string of the molecule is CC(=O)O[C@H](C)C(=O)Nc1ccccc1Sc1ccccc1. The van der Waals surface area contributed by atoms with E-state index in [1.807, 2.05) is 54.6 Å². The molecule has 0 heterocycles. The van der Waals surface area contributed by atoms with E-state index in [1.165, 1.54) is 6.92 Å². The zero-order valence-corrected chi connectivity index (χ0v) is 13.2. The molecule has 1 amide bonds. The van der Waals surface area contributed by atoms with Crippen molar-refractivity contribution in [1.82, 2.24) is 0 Å². The van der Waals surface area contributed by atoms with E-state index in [0.29, 0.717) is 5.69 Å². The minimum Gasteiger partial charge on any atom is -0.453 e. The molecule has 0 fully saturated rings. The van der Waals surface area contributed by atoms with Gasteiger partial charge in [0.25, 0.3) is 5.91 Å². The highest BCUT2D eigenvalue weighted by atomic mass is 32.2. The minimum absolute atomic E-state index is 0.351. The Bertz CT molecular complexity index is 658. The van der Waals surface area contributed by atoms with Gasteiger partial charge in [0.2, 0.25) is 0 Å². The van der Waals surface area contributed by atoms with Gasteiger partial charge in [0.15, 0.2) is 6.10 Å². The summed E-state index contributed by atoms with van der Waals surface area (Å²) in [5, 5.41) is 2.80. The Kier molecular flexibility index (Phi) is 5.61. The molecule has 0 saturated heterocycles. The van der Waals surface area contributed by atoms with Crippen LogP contribution in [0.4, 0.5) is 5.69 Å². The molecule has 1 atom stereocenters. The van der Waals surface area contributed by atoms with Crippen molar-refractivity contribution in [3.8, 4) is 0 Å². The number of rotatable bonds is 5. The van der Waals surface area contributed by atoms with E-state index in [-0.39, 0.29) is 5.91 Å². The molecular weight excluding hydrogens is 298 g/mol. The van der Waals surface area contributed by atoms with Crippen LogP contribution in [0.15, 0.2) is 64.4 Å². The Balaban J connectivity index is 2.11. The Morgan fingerprint density at radius 1 is 1.05 bits per heavy atom. The number of carbonyl (C=O) groups excluding carboxylic acids is 2. The van der Waals surface area contributed by atoms with Crippen LogP contribution in [0.5, 0.6) is 0 Å². The smallest absolute Gasteiger partial charge is 0.303 e. The lowest BCUT2D eigenvalue weighted by Gasteiger charge is -2.14. The van der Waals surface area contributed by atoms with Gasteiger partial charge in [-0.25, -0.2) is 0 Å². The molecule has 0 spiro atoms. The summed E-state index contributed by atoms with van der Waals surface area (Å²) in [4.78, 5) is 25.0. The summed E-state index contributed by atoms with van der Waals surface area (Å²) in [6.07, 6.45) is -0.827. The summed E-state index contributed by atoms with van der Waals surface area (Å²) >= 11 is 1.56. The molecule has 2 aromatic carbocycles. The Morgan fingerprint density at radius 2 is 1.68 bits per heavy atom. The van der Waals surface area contributed by atoms with Crippen molar-refractivity contribution >= 4 is 29.3 Å². The van der Waals surface area contributed by atoms with Gasteiger partial charge in [-0.2, -0.15) is 0 Å². The molecule has 2 aromatic rings. The molecule has 4 nitrogen and oxygen atoms in total. The molecule has 114 valence electrons. The number of hydrogen-bond donors (Lipinski definition) is 1. The summed E-state index contributed by atoms with van der Waals surface area (Å²) in [5.74, 6) is -0.828. The van der Waals surface area contributed by atoms with E-state index in [0.717, 1.165) is 9.79 Å². The second kappa shape index (κ2) is 7.66. The minimum atomic E-state index is -0.827. The fraction of sp³-hybridized carbons (Fsp3) is 0.176. The number of ether oxygens (including phenoxy) is 1. The Hall–Kier alpha value is -2.27. The van der Waals surface area contributed by atoms with Crippen molar-refractivity contribution in [2.75, 3.05) is 5.32 Å². The average Bonchev–Trinajstić information content (AvgIpc) is 2.49. The Morgan fingerprint density at radius 3 is 2.36 bits per heavy atom. The number of amides is 1. The standard InChI is InChI=1S/C17H17NO3S/c1-12(21-13(2)19)17(20)18-15-10-6-7-11-16(15)22-14-8-4-3-5-9-14/h3-12H,1-2H3,(H,18,20)/t12-/m1/s1. The number of nitrogens with one attached hydrogen (secondary N) is 1. The highest BCUT2D eigenvalue weighted by molar-refractivity contribution is 7.99. The molecular formula is C17H17NO3S. The third kappa shape index (κ3) is 4.63. The van der Waals surface area contributed by atoms with Crippen molar-refractivity contribution < 1.29 is 14.3 Å². The molecule has 5 heteroatoms. The molecule has 0 bridgehead atoms. The lowest BCUT2D eigenvalue weighted by Crippen LogP contribution is -2.29. The molecule has 1 N–H and O–H groups in total. The highest BCUT2D eigenvalue weighted by Crippen LogP contribution is 2.33. The van der Waals surface area contributed by atoms with E-state index in [9.17, 15) is 9.59 Å². The second-order valence-electron chi connectivity index (χ2n) is 4.65. The first-order valence-corrected chi connectivity index (χ1v) is 7.68. The first kappa shape index (κ1) is 16.1. The van der Waals surface area contributed by atoms with Gasteiger partial charge in [0, 0.05) is 16.7 Å². The van der Waals surface area contributed by atoms with E-state index >= 15 is 0 Å². The number of benzene rings is 2. The van der Waals surface area contributed by atoms with Crippen molar-refractivity contribution in [3.05, 3.63) is 54.6 Å². The quantitative estimate of drug-likeness (QED) is 0.854. The first-order chi connectivity index (χ1) is 10.6. The van der Waals surface area contributed by atoms with Crippen LogP contribution in [-0.4, -0.2) is 18.0 Å². The maximum atomic E-state index is 12.1. The number of carbonyl (C=O) groups is 2. The van der Waals surface area contributed by atoms with Crippen molar-refractivity contribution in [2.24, 2.45) is 0 Å². The summed E-state index contributed by atoms with van der Waals surface area (Å²) < 4.78 is 4.88. The third-order valence-electron chi connectivity index (χ3n) is 2.83. The topological polar surface area (TPSA) is 55.4 Å². The van der Waals surface area contributed by atoms with Gasteiger partial charge in [-0.05, 0) is 31.2 Å². The molecule has 0 aliphatic rings. The van der Waals surface area contributed by atoms with Crippen LogP contribution in [0, 0.1) is 0 Å². The van der Waals surface area contributed by atoms with E-state index in [4.69, 9.17) is 4.74 Å². The molecule has 0 aromatic heterocycles. The summed E-state index contributed by atoms with van der Waals surface area (Å²) in [6, 6.07) is 17.4. The van der Waals surface area contributed by atoms with Crippen LogP contribution in [0.25, 0.3) is 0 Å². The summed E-state index contributed by atoms with van der Waals surface area (Å²) in [5.41, 5.74) is 0.695. The van der Waals surface area contributed by atoms with E-state index in [2.05, 4.69) is 5.32 Å². The third-order valence-corrected chi connectivity index (χ3v) is 3.91. The predicted octanol–water partition coefficient (Wildman–Crippen LogP) is 3.73. The van der Waals surface area contributed by atoms with E-state index < -0.39 is 12.1 Å². The number of esters is 1. The molecule has 0 aliphatic heterocycles. The zero-order valence-electron chi connectivity index (χ0n) is 12.4. The lowest BCUT2D eigenvalue weighted by molar-refractivity contribution is -0.150. The maximum absolute atomic E-state index is 12.1. The first-order valence-electron chi connectivity index (χ1n) is 6.86. The lowest BCUT2D eigenvalue weighted by atomic mass is 10.3. The van der Waals surface area contributed by atoms with Gasteiger partial charge in [-0.3, -0.25) is 9.59 Å². The maximum Gasteiger partial charge on any atom is 0.303 e. The van der Waals surface area contributed by atoms with Gasteiger partial charge >= 0.3 is 5.97 Å². The van der Waals surface area contributed by atoms with Gasteiger partial charge in [0.1, 0.15) is 0 Å². The van der Waals surface area contributed by atoms with Gasteiger partial charge in [-0.1, -0.05) is 42.1 Å². The van der Waals surface area contributed by atoms with Gasteiger partial charge in [-0.15, -0.1) is 0 Å². The molecule has 0 radical (unpaired) electrons. The van der Waals surface area contributed by atoms with Gasteiger partial charge < -0.3 is 10.1 Å². The van der Waals surface area contributed by atoms with Gasteiger partial charge in [0.05, 0.1) is 5.69 Å². The predicted molar refractivity (Wildman–Crippen MR) is 86.9 cm³/mol. The molecule has 0 saturated carbocycles. The normalized spacial score (nSPS) is 11.5. The zero-order chi connectivity index (χ0) is 15.9. The van der Waals surface area contributed by atoms with Crippen LogP contribution in [0.1, 0.15) is 13.8 Å². The molecule has 0 unspecified atom stereocenters. The Labute approximate surface area is 133 Å². The molecule has 22 heavy (non-hydrogen) atoms. The summed E-state index contributed by atoms with van der Waals surface area (Å²) in [6.45, 7) is 2.83. The number of anilines is 1. The van der Waals surface area contributed by atoms with Crippen LogP contribution >= 0.6 is 11.8 Å². The second-order valence-corrected chi connectivity index (χ2v) is 5.77. The largest absolute Gasteiger partial charge is 0.453 e. The number of hydrogen-bond acceptors (Lipinski definition) is 4. The fourth-order valence-corrected chi connectivity index (χ4v) is 2.73. The fourth-order valence-electron chi connectivity index (χ4n) is 1.81. The summed E-state index contributed by atoms with van der Waals surface area (Å²) in [7, 11) is 0. The van der Waals surface area contributed by atoms with Crippen LogP contribution in [0.3, 0.4) is 0 Å². The van der Waals surface area contributed by atoms with Crippen molar-refractivity contribution in [1.29, 1.82) is 0 Å². The van der Waals surface area contributed by atoms with Crippen molar-refractivity contribution in [2.45, 2.75) is 29.7 Å². The van der Waals surface area contributed by atoms with E-state index in [1.54, 1.807) is 18.7 Å². The average molecular weight is 315 g/mol. The monoisotopic (exact) mass is 315 g/mol. The van der Waals surface area contributed by atoms with Crippen LogP contribution in [-0.2, 0) is 14.3 Å². The van der Waals surface area contributed by atoms with Crippen LogP contribution < -0.4 is 5.32 Å². The molecule has 2 rings (SSSR count). The van der Waals surface area contributed by atoms with Crippen LogP contribution in [0.2, 0.25) is 0 Å². The number of para-hydroxylation sites is 1. The molecule has 0 aliphatic carbocycles. The highest BCUT2D eigenvalue weighted by Gasteiger charge is 2.17.